The third kappa shape index (κ3) is 2.70. The molecule has 1 aromatic carbocycles. The summed E-state index contributed by atoms with van der Waals surface area (Å²) in [6, 6.07) is 9.00. The molecule has 0 atom stereocenters. The van der Waals surface area contributed by atoms with Crippen LogP contribution in [0.25, 0.3) is 0 Å². The molecule has 0 aliphatic heterocycles. The summed E-state index contributed by atoms with van der Waals surface area (Å²) < 4.78 is 27.7. The van der Waals surface area contributed by atoms with Crippen LogP contribution in [0.3, 0.4) is 0 Å². The predicted molar refractivity (Wildman–Crippen MR) is 74.0 cm³/mol. The SMILES string of the molecule is Cc1ccccc1NS(=O)(=O)c1sccc1Br. The van der Waals surface area contributed by atoms with Crippen molar-refractivity contribution in [3.05, 3.63) is 45.7 Å². The molecule has 0 bridgehead atoms. The molecule has 1 heterocycles. The number of para-hydroxylation sites is 1. The number of hydrogen-bond acceptors (Lipinski definition) is 3. The lowest BCUT2D eigenvalue weighted by atomic mass is 10.2. The summed E-state index contributed by atoms with van der Waals surface area (Å²) in [4.78, 5) is 0. The minimum absolute atomic E-state index is 0.292. The van der Waals surface area contributed by atoms with Gasteiger partial charge in [-0.25, -0.2) is 8.42 Å². The van der Waals surface area contributed by atoms with Gasteiger partial charge in [-0.3, -0.25) is 4.72 Å². The van der Waals surface area contributed by atoms with E-state index in [0.29, 0.717) is 14.4 Å². The molecule has 0 radical (unpaired) electrons. The van der Waals surface area contributed by atoms with Crippen molar-refractivity contribution in [3.8, 4) is 0 Å². The van der Waals surface area contributed by atoms with Crippen molar-refractivity contribution in [1.82, 2.24) is 0 Å². The Balaban J connectivity index is 2.37. The molecule has 6 heteroatoms. The Morgan fingerprint density at radius 1 is 1.24 bits per heavy atom. The quantitative estimate of drug-likeness (QED) is 0.933. The normalized spacial score (nSPS) is 11.4. The lowest BCUT2D eigenvalue weighted by Crippen LogP contribution is -2.12. The number of anilines is 1. The predicted octanol–water partition coefficient (Wildman–Crippen LogP) is 3.62. The fourth-order valence-corrected chi connectivity index (χ4v) is 4.82. The highest BCUT2D eigenvalue weighted by Gasteiger charge is 2.19. The van der Waals surface area contributed by atoms with Gasteiger partial charge in [-0.05, 0) is 45.9 Å². The van der Waals surface area contributed by atoms with Gasteiger partial charge in [0.1, 0.15) is 0 Å². The highest BCUT2D eigenvalue weighted by molar-refractivity contribution is 9.10. The number of nitrogens with one attached hydrogen (secondary N) is 1. The fraction of sp³-hybridized carbons (Fsp3) is 0.0909. The first-order chi connectivity index (χ1) is 8.00. The summed E-state index contributed by atoms with van der Waals surface area (Å²) in [5, 5.41) is 1.73. The van der Waals surface area contributed by atoms with Gasteiger partial charge in [-0.15, -0.1) is 11.3 Å². The van der Waals surface area contributed by atoms with Crippen LogP contribution in [-0.2, 0) is 10.0 Å². The minimum Gasteiger partial charge on any atom is -0.279 e. The third-order valence-corrected chi connectivity index (χ3v) is 6.25. The van der Waals surface area contributed by atoms with Gasteiger partial charge >= 0.3 is 0 Å². The van der Waals surface area contributed by atoms with E-state index in [1.54, 1.807) is 23.6 Å². The molecular formula is C11H10BrNO2S2. The summed E-state index contributed by atoms with van der Waals surface area (Å²) in [7, 11) is -3.50. The van der Waals surface area contributed by atoms with Crippen LogP contribution >= 0.6 is 27.3 Å². The Morgan fingerprint density at radius 2 is 1.94 bits per heavy atom. The molecule has 0 saturated carbocycles. The van der Waals surface area contributed by atoms with Gasteiger partial charge in [-0.1, -0.05) is 18.2 Å². The number of halogens is 1. The van der Waals surface area contributed by atoms with Crippen LogP contribution in [0.2, 0.25) is 0 Å². The zero-order chi connectivity index (χ0) is 12.5. The van der Waals surface area contributed by atoms with Gasteiger partial charge < -0.3 is 0 Å². The molecular weight excluding hydrogens is 322 g/mol. The highest BCUT2D eigenvalue weighted by atomic mass is 79.9. The topological polar surface area (TPSA) is 46.2 Å². The van der Waals surface area contributed by atoms with Crippen molar-refractivity contribution in [3.63, 3.8) is 0 Å². The monoisotopic (exact) mass is 331 g/mol. The first-order valence-corrected chi connectivity index (χ1v) is 7.98. The second-order valence-electron chi connectivity index (χ2n) is 3.48. The number of benzene rings is 1. The second kappa shape index (κ2) is 4.80. The smallest absolute Gasteiger partial charge is 0.272 e. The van der Waals surface area contributed by atoms with Crippen molar-refractivity contribution in [1.29, 1.82) is 0 Å². The first-order valence-electron chi connectivity index (χ1n) is 4.82. The maximum atomic E-state index is 12.1. The molecule has 3 nitrogen and oxygen atoms in total. The Labute approximate surface area is 113 Å². The Kier molecular flexibility index (Phi) is 3.56. The molecule has 17 heavy (non-hydrogen) atoms. The molecule has 2 aromatic rings. The van der Waals surface area contributed by atoms with E-state index < -0.39 is 10.0 Å². The van der Waals surface area contributed by atoms with E-state index in [1.165, 1.54) is 11.3 Å². The zero-order valence-electron chi connectivity index (χ0n) is 8.98. The van der Waals surface area contributed by atoms with E-state index in [-0.39, 0.29) is 0 Å². The van der Waals surface area contributed by atoms with Gasteiger partial charge in [0.2, 0.25) is 0 Å². The van der Waals surface area contributed by atoms with Crippen LogP contribution in [0, 0.1) is 6.92 Å². The Hall–Kier alpha value is -0.850. The molecule has 0 aliphatic rings. The Morgan fingerprint density at radius 3 is 2.53 bits per heavy atom. The summed E-state index contributed by atoms with van der Waals surface area (Å²) in [5.41, 5.74) is 1.50. The second-order valence-corrected chi connectivity index (χ2v) is 7.12. The Bertz CT molecular complexity index is 634. The molecule has 1 aromatic heterocycles. The molecule has 2 rings (SSSR count). The molecule has 0 aliphatic carbocycles. The number of thiophene rings is 1. The molecule has 1 N–H and O–H groups in total. The van der Waals surface area contributed by atoms with Gasteiger partial charge in [0.05, 0.1) is 5.69 Å². The average molecular weight is 332 g/mol. The molecule has 0 amide bonds. The highest BCUT2D eigenvalue weighted by Crippen LogP contribution is 2.29. The lowest BCUT2D eigenvalue weighted by Gasteiger charge is -2.09. The van der Waals surface area contributed by atoms with Crippen molar-refractivity contribution >= 4 is 43.0 Å². The van der Waals surface area contributed by atoms with Crippen LogP contribution in [0.15, 0.2) is 44.4 Å². The van der Waals surface area contributed by atoms with Crippen LogP contribution in [0.5, 0.6) is 0 Å². The van der Waals surface area contributed by atoms with E-state index in [2.05, 4.69) is 20.7 Å². The zero-order valence-corrected chi connectivity index (χ0v) is 12.2. The summed E-state index contributed by atoms with van der Waals surface area (Å²) in [6.07, 6.45) is 0. The van der Waals surface area contributed by atoms with Gasteiger partial charge in [0, 0.05) is 4.47 Å². The van der Waals surface area contributed by atoms with Gasteiger partial charge in [0.25, 0.3) is 10.0 Å². The van der Waals surface area contributed by atoms with Gasteiger partial charge in [-0.2, -0.15) is 0 Å². The maximum absolute atomic E-state index is 12.1. The van der Waals surface area contributed by atoms with E-state index in [0.717, 1.165) is 5.56 Å². The number of sulfonamides is 1. The molecule has 90 valence electrons. The van der Waals surface area contributed by atoms with Crippen molar-refractivity contribution in [2.75, 3.05) is 4.72 Å². The summed E-state index contributed by atoms with van der Waals surface area (Å²) in [6.45, 7) is 1.86. The summed E-state index contributed by atoms with van der Waals surface area (Å²) in [5.74, 6) is 0. The van der Waals surface area contributed by atoms with Gasteiger partial charge in [0.15, 0.2) is 4.21 Å². The van der Waals surface area contributed by atoms with E-state index >= 15 is 0 Å². The molecule has 0 fully saturated rings. The van der Waals surface area contributed by atoms with Crippen LogP contribution in [0.4, 0.5) is 5.69 Å². The van der Waals surface area contributed by atoms with Crippen molar-refractivity contribution in [2.24, 2.45) is 0 Å². The summed E-state index contributed by atoms with van der Waals surface area (Å²) >= 11 is 4.41. The fourth-order valence-electron chi connectivity index (χ4n) is 1.35. The largest absolute Gasteiger partial charge is 0.279 e. The molecule has 0 saturated heterocycles. The van der Waals surface area contributed by atoms with Crippen molar-refractivity contribution < 1.29 is 8.42 Å². The maximum Gasteiger partial charge on any atom is 0.272 e. The lowest BCUT2D eigenvalue weighted by molar-refractivity contribution is 0.603. The van der Waals surface area contributed by atoms with E-state index in [9.17, 15) is 8.42 Å². The number of aryl methyl sites for hydroxylation is 1. The van der Waals surface area contributed by atoms with E-state index in [4.69, 9.17) is 0 Å². The number of hydrogen-bond donors (Lipinski definition) is 1. The van der Waals surface area contributed by atoms with Crippen LogP contribution in [0.1, 0.15) is 5.56 Å². The van der Waals surface area contributed by atoms with Crippen molar-refractivity contribution in [2.45, 2.75) is 11.1 Å². The molecule has 0 spiro atoms. The standard InChI is InChI=1S/C11H10BrNO2S2/c1-8-4-2-3-5-10(8)13-17(14,15)11-9(12)6-7-16-11/h2-7,13H,1H3. The molecule has 0 unspecified atom stereocenters. The average Bonchev–Trinajstić information content (AvgIpc) is 2.68. The number of rotatable bonds is 3. The first kappa shape index (κ1) is 12.6. The minimum atomic E-state index is -3.50. The van der Waals surface area contributed by atoms with Crippen LogP contribution in [-0.4, -0.2) is 8.42 Å². The van der Waals surface area contributed by atoms with Crippen LogP contribution < -0.4 is 4.72 Å². The van der Waals surface area contributed by atoms with E-state index in [1.807, 2.05) is 19.1 Å². The third-order valence-electron chi connectivity index (χ3n) is 2.22.